The maximum absolute atomic E-state index is 2.29. The van der Waals surface area contributed by atoms with E-state index in [1.165, 1.54) is 82.1 Å². The van der Waals surface area contributed by atoms with Gasteiger partial charge in [0.15, 0.2) is 0 Å². The Morgan fingerprint density at radius 1 is 0.875 bits per heavy atom. The molecular formula is C15H30S. The van der Waals surface area contributed by atoms with Gasteiger partial charge in [-0.25, -0.2) is 0 Å². The standard InChI is InChI=1S/C15H30S/c1-2-3-4-5-9-13-16-14-12-15-10-7-6-8-11-15/h15H,2-14H2,1H3. The highest BCUT2D eigenvalue weighted by atomic mass is 32.2. The van der Waals surface area contributed by atoms with Crippen LogP contribution in [0.15, 0.2) is 0 Å². The molecule has 0 aromatic carbocycles. The Bertz CT molecular complexity index is 138. The molecule has 16 heavy (non-hydrogen) atoms. The van der Waals surface area contributed by atoms with Crippen molar-refractivity contribution < 1.29 is 0 Å². The summed E-state index contributed by atoms with van der Waals surface area (Å²) in [5.74, 6) is 3.93. The predicted molar refractivity (Wildman–Crippen MR) is 77.3 cm³/mol. The van der Waals surface area contributed by atoms with Crippen LogP contribution in [0.1, 0.15) is 77.6 Å². The molecule has 1 saturated carbocycles. The molecule has 1 fully saturated rings. The van der Waals surface area contributed by atoms with Crippen molar-refractivity contribution in [1.29, 1.82) is 0 Å². The van der Waals surface area contributed by atoms with Crippen LogP contribution in [0.3, 0.4) is 0 Å². The molecule has 0 bridgehead atoms. The summed E-state index contributed by atoms with van der Waals surface area (Å²) in [7, 11) is 0. The second kappa shape index (κ2) is 10.5. The van der Waals surface area contributed by atoms with Gasteiger partial charge in [-0.1, -0.05) is 64.7 Å². The zero-order valence-corrected chi connectivity index (χ0v) is 12.0. The molecule has 1 aliphatic rings. The summed E-state index contributed by atoms with van der Waals surface area (Å²) in [4.78, 5) is 0. The lowest BCUT2D eigenvalue weighted by molar-refractivity contribution is 0.351. The minimum absolute atomic E-state index is 1.08. The molecule has 0 atom stereocenters. The first-order valence-corrected chi connectivity index (χ1v) is 8.66. The van der Waals surface area contributed by atoms with Crippen molar-refractivity contribution in [1.82, 2.24) is 0 Å². The van der Waals surface area contributed by atoms with Gasteiger partial charge in [0.1, 0.15) is 0 Å². The first-order chi connectivity index (χ1) is 7.93. The third-order valence-corrected chi connectivity index (χ3v) is 4.89. The quantitative estimate of drug-likeness (QED) is 0.470. The minimum atomic E-state index is 1.08. The molecule has 0 radical (unpaired) electrons. The number of hydrogen-bond acceptors (Lipinski definition) is 1. The molecule has 0 saturated heterocycles. The molecule has 0 aromatic rings. The Hall–Kier alpha value is 0.350. The lowest BCUT2D eigenvalue weighted by Gasteiger charge is -2.20. The Morgan fingerprint density at radius 3 is 2.38 bits per heavy atom. The van der Waals surface area contributed by atoms with Crippen molar-refractivity contribution in [3.05, 3.63) is 0 Å². The molecule has 0 nitrogen and oxygen atoms in total. The van der Waals surface area contributed by atoms with Crippen LogP contribution < -0.4 is 0 Å². The number of hydrogen-bond donors (Lipinski definition) is 0. The fourth-order valence-corrected chi connectivity index (χ4v) is 3.75. The van der Waals surface area contributed by atoms with Gasteiger partial charge in [0.25, 0.3) is 0 Å². The van der Waals surface area contributed by atoms with E-state index in [-0.39, 0.29) is 0 Å². The van der Waals surface area contributed by atoms with Gasteiger partial charge in [0.2, 0.25) is 0 Å². The third kappa shape index (κ3) is 7.60. The first-order valence-electron chi connectivity index (χ1n) is 7.51. The summed E-state index contributed by atoms with van der Waals surface area (Å²) < 4.78 is 0. The number of thioether (sulfide) groups is 1. The van der Waals surface area contributed by atoms with E-state index in [9.17, 15) is 0 Å². The van der Waals surface area contributed by atoms with Crippen molar-refractivity contribution in [3.8, 4) is 0 Å². The summed E-state index contributed by atoms with van der Waals surface area (Å²) in [6.45, 7) is 2.29. The molecule has 0 aliphatic heterocycles. The van der Waals surface area contributed by atoms with Crippen LogP contribution in [0.25, 0.3) is 0 Å². The van der Waals surface area contributed by atoms with E-state index in [0.717, 1.165) is 5.92 Å². The molecule has 0 aromatic heterocycles. The highest BCUT2D eigenvalue weighted by Gasteiger charge is 2.12. The Labute approximate surface area is 107 Å². The highest BCUT2D eigenvalue weighted by Crippen LogP contribution is 2.27. The summed E-state index contributed by atoms with van der Waals surface area (Å²) in [5, 5.41) is 0. The first kappa shape index (κ1) is 14.4. The summed E-state index contributed by atoms with van der Waals surface area (Å²) in [6.07, 6.45) is 16.2. The molecule has 1 rings (SSSR count). The van der Waals surface area contributed by atoms with E-state index in [1.54, 1.807) is 0 Å². The van der Waals surface area contributed by atoms with Crippen LogP contribution in [0, 0.1) is 5.92 Å². The van der Waals surface area contributed by atoms with Gasteiger partial charge in [-0.3, -0.25) is 0 Å². The van der Waals surface area contributed by atoms with Gasteiger partial charge in [-0.2, -0.15) is 11.8 Å². The minimum Gasteiger partial charge on any atom is -0.162 e. The lowest BCUT2D eigenvalue weighted by Crippen LogP contribution is -2.07. The molecule has 0 spiro atoms. The summed E-state index contributed by atoms with van der Waals surface area (Å²) >= 11 is 2.20. The maximum Gasteiger partial charge on any atom is -0.00649 e. The Balaban J connectivity index is 1.77. The summed E-state index contributed by atoms with van der Waals surface area (Å²) in [5.41, 5.74) is 0. The SMILES string of the molecule is CCCCCCCSCCC1CCCCC1. The van der Waals surface area contributed by atoms with Crippen LogP contribution in [0.4, 0.5) is 0 Å². The van der Waals surface area contributed by atoms with Crippen LogP contribution in [-0.2, 0) is 0 Å². The molecule has 0 N–H and O–H groups in total. The maximum atomic E-state index is 2.29. The van der Waals surface area contributed by atoms with Crippen molar-refractivity contribution in [2.45, 2.75) is 77.6 Å². The predicted octanol–water partition coefficient (Wildman–Crippen LogP) is 5.66. The van der Waals surface area contributed by atoms with E-state index >= 15 is 0 Å². The number of unbranched alkanes of at least 4 members (excludes halogenated alkanes) is 4. The lowest BCUT2D eigenvalue weighted by atomic mass is 9.88. The second-order valence-electron chi connectivity index (χ2n) is 5.32. The van der Waals surface area contributed by atoms with Gasteiger partial charge in [-0.05, 0) is 30.3 Å². The van der Waals surface area contributed by atoms with Crippen molar-refractivity contribution in [2.75, 3.05) is 11.5 Å². The molecular weight excluding hydrogens is 212 g/mol. The van der Waals surface area contributed by atoms with Crippen LogP contribution in [0.5, 0.6) is 0 Å². The van der Waals surface area contributed by atoms with E-state index in [1.807, 2.05) is 0 Å². The van der Waals surface area contributed by atoms with Gasteiger partial charge in [0, 0.05) is 0 Å². The Kier molecular flexibility index (Phi) is 9.46. The van der Waals surface area contributed by atoms with E-state index in [0.29, 0.717) is 0 Å². The Morgan fingerprint density at radius 2 is 1.62 bits per heavy atom. The molecule has 0 amide bonds. The average molecular weight is 242 g/mol. The van der Waals surface area contributed by atoms with Crippen molar-refractivity contribution in [2.24, 2.45) is 5.92 Å². The summed E-state index contributed by atoms with van der Waals surface area (Å²) in [6, 6.07) is 0. The van der Waals surface area contributed by atoms with Gasteiger partial charge in [-0.15, -0.1) is 0 Å². The topological polar surface area (TPSA) is 0 Å². The van der Waals surface area contributed by atoms with Crippen LogP contribution in [-0.4, -0.2) is 11.5 Å². The van der Waals surface area contributed by atoms with Gasteiger partial charge < -0.3 is 0 Å². The molecule has 0 heterocycles. The molecule has 1 aliphatic carbocycles. The molecule has 1 heteroatoms. The van der Waals surface area contributed by atoms with Gasteiger partial charge in [0.05, 0.1) is 0 Å². The van der Waals surface area contributed by atoms with Crippen LogP contribution >= 0.6 is 11.8 Å². The van der Waals surface area contributed by atoms with E-state index < -0.39 is 0 Å². The van der Waals surface area contributed by atoms with Gasteiger partial charge >= 0.3 is 0 Å². The average Bonchev–Trinajstić information content (AvgIpc) is 2.34. The second-order valence-corrected chi connectivity index (χ2v) is 6.54. The normalized spacial score (nSPS) is 17.8. The van der Waals surface area contributed by atoms with E-state index in [4.69, 9.17) is 0 Å². The van der Waals surface area contributed by atoms with Crippen molar-refractivity contribution >= 4 is 11.8 Å². The zero-order valence-electron chi connectivity index (χ0n) is 11.2. The highest BCUT2D eigenvalue weighted by molar-refractivity contribution is 7.99. The smallest absolute Gasteiger partial charge is 0.00649 e. The molecule has 0 unspecified atom stereocenters. The largest absolute Gasteiger partial charge is 0.162 e. The van der Waals surface area contributed by atoms with E-state index in [2.05, 4.69) is 18.7 Å². The third-order valence-electron chi connectivity index (χ3n) is 3.79. The fraction of sp³-hybridized carbons (Fsp3) is 1.00. The monoisotopic (exact) mass is 242 g/mol. The zero-order chi connectivity index (χ0) is 11.5. The number of rotatable bonds is 9. The van der Waals surface area contributed by atoms with Crippen LogP contribution in [0.2, 0.25) is 0 Å². The van der Waals surface area contributed by atoms with Crippen molar-refractivity contribution in [3.63, 3.8) is 0 Å². The fourth-order valence-electron chi connectivity index (χ4n) is 2.64. The molecule has 96 valence electrons.